The lowest BCUT2D eigenvalue weighted by Crippen LogP contribution is -2.08. The molecule has 0 amide bonds. The van der Waals surface area contributed by atoms with Gasteiger partial charge in [-0.1, -0.05) is 6.07 Å². The quantitative estimate of drug-likeness (QED) is 0.923. The van der Waals surface area contributed by atoms with Gasteiger partial charge in [0, 0.05) is 4.47 Å². The average molecular weight is 296 g/mol. The van der Waals surface area contributed by atoms with Gasteiger partial charge in [0.1, 0.15) is 11.6 Å². The summed E-state index contributed by atoms with van der Waals surface area (Å²) in [5.41, 5.74) is 0.686. The fourth-order valence-electron chi connectivity index (χ4n) is 1.65. The second-order valence-corrected chi connectivity index (χ2v) is 4.41. The fourth-order valence-corrected chi connectivity index (χ4v) is 2.18. The van der Waals surface area contributed by atoms with Crippen LogP contribution >= 0.6 is 15.9 Å². The molecule has 0 aliphatic heterocycles. The molecule has 0 atom stereocenters. The lowest BCUT2D eigenvalue weighted by molar-refractivity contribution is 0.0695. The second kappa shape index (κ2) is 4.29. The van der Waals surface area contributed by atoms with Gasteiger partial charge in [-0.05, 0) is 41.9 Å². The zero-order chi connectivity index (χ0) is 12.6. The van der Waals surface area contributed by atoms with Gasteiger partial charge in [0.15, 0.2) is 0 Å². The fraction of sp³-hybridized carbons (Fsp3) is 0.182. The van der Waals surface area contributed by atoms with E-state index in [2.05, 4.69) is 26.0 Å². The van der Waals surface area contributed by atoms with E-state index in [1.807, 2.05) is 0 Å². The first-order valence-electron chi connectivity index (χ1n) is 4.93. The molecule has 2 rings (SSSR count). The molecular weight excluding hydrogens is 286 g/mol. The van der Waals surface area contributed by atoms with Gasteiger partial charge in [-0.3, -0.25) is 0 Å². The van der Waals surface area contributed by atoms with E-state index in [0.717, 1.165) is 0 Å². The van der Waals surface area contributed by atoms with Gasteiger partial charge in [-0.25, -0.2) is 14.5 Å². The van der Waals surface area contributed by atoms with Crippen molar-refractivity contribution in [3.05, 3.63) is 39.9 Å². The molecule has 1 heterocycles. The van der Waals surface area contributed by atoms with Crippen LogP contribution in [0, 0.1) is 13.8 Å². The van der Waals surface area contributed by atoms with E-state index in [-0.39, 0.29) is 5.56 Å². The summed E-state index contributed by atoms with van der Waals surface area (Å²) >= 11 is 3.23. The van der Waals surface area contributed by atoms with Gasteiger partial charge in [-0.2, -0.15) is 5.10 Å². The van der Waals surface area contributed by atoms with Gasteiger partial charge in [0.25, 0.3) is 0 Å². The lowest BCUT2D eigenvalue weighted by atomic mass is 10.2. The summed E-state index contributed by atoms with van der Waals surface area (Å²) in [4.78, 5) is 15.4. The van der Waals surface area contributed by atoms with Gasteiger partial charge in [0.05, 0.1) is 11.3 Å². The maximum Gasteiger partial charge on any atom is 0.339 e. The number of halogens is 1. The van der Waals surface area contributed by atoms with Crippen LogP contribution in [0.1, 0.15) is 22.0 Å². The SMILES string of the molecule is Cc1nc(C)n(-c2cccc(Br)c2C(=O)O)n1. The van der Waals surface area contributed by atoms with Crippen LogP contribution in [-0.2, 0) is 0 Å². The van der Waals surface area contributed by atoms with Crippen LogP contribution in [0.5, 0.6) is 0 Å². The first-order valence-corrected chi connectivity index (χ1v) is 5.72. The molecule has 17 heavy (non-hydrogen) atoms. The Bertz CT molecular complexity index is 592. The van der Waals surface area contributed by atoms with E-state index in [4.69, 9.17) is 0 Å². The van der Waals surface area contributed by atoms with E-state index < -0.39 is 5.97 Å². The number of aromatic nitrogens is 3. The summed E-state index contributed by atoms with van der Waals surface area (Å²) < 4.78 is 2.05. The van der Waals surface area contributed by atoms with Crippen LogP contribution in [0.25, 0.3) is 5.69 Å². The van der Waals surface area contributed by atoms with Crippen molar-refractivity contribution in [1.29, 1.82) is 0 Å². The van der Waals surface area contributed by atoms with Gasteiger partial charge in [0.2, 0.25) is 0 Å². The summed E-state index contributed by atoms with van der Waals surface area (Å²) in [7, 11) is 0. The summed E-state index contributed by atoms with van der Waals surface area (Å²) in [5, 5.41) is 13.4. The predicted octanol–water partition coefficient (Wildman–Crippen LogP) is 2.34. The van der Waals surface area contributed by atoms with Crippen LogP contribution in [0.15, 0.2) is 22.7 Å². The zero-order valence-corrected chi connectivity index (χ0v) is 10.9. The van der Waals surface area contributed by atoms with Crippen molar-refractivity contribution in [2.24, 2.45) is 0 Å². The highest BCUT2D eigenvalue weighted by molar-refractivity contribution is 9.10. The molecule has 1 N–H and O–H groups in total. The van der Waals surface area contributed by atoms with Crippen molar-refractivity contribution in [2.45, 2.75) is 13.8 Å². The number of benzene rings is 1. The third-order valence-corrected chi connectivity index (χ3v) is 2.97. The number of carboxylic acids is 1. The second-order valence-electron chi connectivity index (χ2n) is 3.56. The van der Waals surface area contributed by atoms with E-state index in [9.17, 15) is 9.90 Å². The third kappa shape index (κ3) is 2.08. The van der Waals surface area contributed by atoms with Crippen molar-refractivity contribution in [3.63, 3.8) is 0 Å². The molecule has 0 saturated heterocycles. The van der Waals surface area contributed by atoms with Gasteiger partial charge < -0.3 is 5.11 Å². The molecule has 0 spiro atoms. The number of rotatable bonds is 2. The molecule has 0 fully saturated rings. The molecule has 5 nitrogen and oxygen atoms in total. The third-order valence-electron chi connectivity index (χ3n) is 2.31. The van der Waals surface area contributed by atoms with Gasteiger partial charge in [-0.15, -0.1) is 0 Å². The molecule has 1 aromatic heterocycles. The summed E-state index contributed by atoms with van der Waals surface area (Å²) in [6, 6.07) is 5.16. The Morgan fingerprint density at radius 1 is 1.41 bits per heavy atom. The highest BCUT2D eigenvalue weighted by atomic mass is 79.9. The molecule has 1 aromatic carbocycles. The van der Waals surface area contributed by atoms with E-state index in [1.54, 1.807) is 32.0 Å². The van der Waals surface area contributed by atoms with Crippen LogP contribution < -0.4 is 0 Å². The lowest BCUT2D eigenvalue weighted by Gasteiger charge is -2.08. The number of carbonyl (C=O) groups is 1. The Balaban J connectivity index is 2.71. The van der Waals surface area contributed by atoms with Crippen molar-refractivity contribution >= 4 is 21.9 Å². The number of nitrogens with zero attached hydrogens (tertiary/aromatic N) is 3. The Morgan fingerprint density at radius 2 is 2.12 bits per heavy atom. The zero-order valence-electron chi connectivity index (χ0n) is 9.31. The predicted molar refractivity (Wildman–Crippen MR) is 65.5 cm³/mol. The van der Waals surface area contributed by atoms with Crippen LogP contribution in [0.2, 0.25) is 0 Å². The molecule has 2 aromatic rings. The first-order chi connectivity index (χ1) is 8.00. The summed E-state index contributed by atoms with van der Waals surface area (Å²) in [6.07, 6.45) is 0. The van der Waals surface area contributed by atoms with Crippen LogP contribution in [0.4, 0.5) is 0 Å². The topological polar surface area (TPSA) is 68.0 Å². The summed E-state index contributed by atoms with van der Waals surface area (Å²) in [6.45, 7) is 3.55. The average Bonchev–Trinajstić information content (AvgIpc) is 2.56. The number of hydrogen-bond donors (Lipinski definition) is 1. The van der Waals surface area contributed by atoms with E-state index >= 15 is 0 Å². The van der Waals surface area contributed by atoms with Crippen LogP contribution in [0.3, 0.4) is 0 Å². The maximum absolute atomic E-state index is 11.2. The number of aryl methyl sites for hydroxylation is 2. The minimum absolute atomic E-state index is 0.181. The molecule has 0 saturated carbocycles. The Kier molecular flexibility index (Phi) is 2.97. The van der Waals surface area contributed by atoms with Crippen molar-refractivity contribution in [2.75, 3.05) is 0 Å². The first kappa shape index (κ1) is 11.8. The van der Waals surface area contributed by atoms with Crippen molar-refractivity contribution in [1.82, 2.24) is 14.8 Å². The molecule has 0 aliphatic rings. The monoisotopic (exact) mass is 295 g/mol. The minimum atomic E-state index is -1.000. The number of carboxylic acid groups (broad SMARTS) is 1. The van der Waals surface area contributed by atoms with Crippen molar-refractivity contribution in [3.8, 4) is 5.69 Å². The summed E-state index contributed by atoms with van der Waals surface area (Å²) in [5.74, 6) is 0.266. The maximum atomic E-state index is 11.2. The molecule has 0 unspecified atom stereocenters. The smallest absolute Gasteiger partial charge is 0.339 e. The molecule has 88 valence electrons. The Morgan fingerprint density at radius 3 is 2.65 bits per heavy atom. The highest BCUT2D eigenvalue weighted by Crippen LogP contribution is 2.24. The molecule has 0 bridgehead atoms. The standard InChI is InChI=1S/C11H10BrN3O2/c1-6-13-7(2)15(14-6)9-5-3-4-8(12)10(9)11(16)17/h3-5H,1-2H3,(H,16,17). The Labute approximate surface area is 106 Å². The molecule has 0 radical (unpaired) electrons. The van der Waals surface area contributed by atoms with E-state index in [1.165, 1.54) is 4.68 Å². The van der Waals surface area contributed by atoms with E-state index in [0.29, 0.717) is 21.8 Å². The number of hydrogen-bond acceptors (Lipinski definition) is 3. The normalized spacial score (nSPS) is 10.5. The highest BCUT2D eigenvalue weighted by Gasteiger charge is 2.17. The van der Waals surface area contributed by atoms with Crippen LogP contribution in [-0.4, -0.2) is 25.8 Å². The molecule has 0 aliphatic carbocycles. The van der Waals surface area contributed by atoms with Crippen molar-refractivity contribution < 1.29 is 9.90 Å². The Hall–Kier alpha value is -1.69. The molecular formula is C11H10BrN3O2. The minimum Gasteiger partial charge on any atom is -0.478 e. The largest absolute Gasteiger partial charge is 0.478 e. The number of aromatic carboxylic acids is 1. The molecule has 6 heteroatoms. The van der Waals surface area contributed by atoms with Gasteiger partial charge >= 0.3 is 5.97 Å².